The maximum Gasteiger partial charge on any atom is 0.172 e. The molecule has 0 fully saturated rings. The summed E-state index contributed by atoms with van der Waals surface area (Å²) in [5, 5.41) is 35.0. The van der Waals surface area contributed by atoms with Crippen molar-refractivity contribution in [2.45, 2.75) is 19.8 Å². The summed E-state index contributed by atoms with van der Waals surface area (Å²) >= 11 is 0. The van der Waals surface area contributed by atoms with Crippen LogP contribution in [0.2, 0.25) is 0 Å². The maximum absolute atomic E-state index is 11.3. The molecule has 0 spiro atoms. The van der Waals surface area contributed by atoms with Crippen molar-refractivity contribution in [2.24, 2.45) is 16.6 Å². The van der Waals surface area contributed by atoms with Crippen molar-refractivity contribution < 1.29 is 4.79 Å². The number of allylic oxidation sites excluding steroid dienone is 2. The van der Waals surface area contributed by atoms with Crippen molar-refractivity contribution in [1.29, 1.82) is 21.2 Å². The van der Waals surface area contributed by atoms with Gasteiger partial charge in [0.1, 0.15) is 11.2 Å². The molecule has 18 heavy (non-hydrogen) atoms. The third-order valence-electron chi connectivity index (χ3n) is 3.25. The molecule has 1 atom stereocenters. The average Bonchev–Trinajstić information content (AvgIpc) is 2.60. The minimum absolute atomic E-state index is 0.0155. The Morgan fingerprint density at radius 2 is 2.00 bits per heavy atom. The first-order valence-corrected chi connectivity index (χ1v) is 5.16. The second-order valence-corrected chi connectivity index (χ2v) is 4.28. The molecular weight excluding hydrogens is 230 g/mol. The van der Waals surface area contributed by atoms with Crippen molar-refractivity contribution in [3.8, 4) is 18.2 Å². The van der Waals surface area contributed by atoms with E-state index < -0.39 is 10.8 Å². The van der Waals surface area contributed by atoms with Gasteiger partial charge >= 0.3 is 0 Å². The SMILES string of the molecule is CC(=O)CC1(C#N)C(N)=C(C=N)CC1(C#N)C#N. The zero-order valence-electron chi connectivity index (χ0n) is 9.82. The normalized spacial score (nSPS) is 24.8. The quantitative estimate of drug-likeness (QED) is 0.702. The Labute approximate surface area is 104 Å². The molecule has 0 heterocycles. The van der Waals surface area contributed by atoms with Gasteiger partial charge in [0.2, 0.25) is 0 Å². The number of rotatable bonds is 3. The Morgan fingerprint density at radius 3 is 2.33 bits per heavy atom. The fourth-order valence-corrected chi connectivity index (χ4v) is 2.27. The van der Waals surface area contributed by atoms with Crippen molar-refractivity contribution in [1.82, 2.24) is 0 Å². The Kier molecular flexibility index (Phi) is 3.21. The average molecular weight is 241 g/mol. The van der Waals surface area contributed by atoms with E-state index >= 15 is 0 Å². The van der Waals surface area contributed by atoms with Crippen LogP contribution in [0, 0.1) is 50.2 Å². The Hall–Kier alpha value is -2.65. The summed E-state index contributed by atoms with van der Waals surface area (Å²) in [6, 6.07) is 5.48. The van der Waals surface area contributed by atoms with E-state index in [9.17, 15) is 20.6 Å². The lowest BCUT2D eigenvalue weighted by molar-refractivity contribution is -0.118. The van der Waals surface area contributed by atoms with Crippen LogP contribution in [0.25, 0.3) is 0 Å². The van der Waals surface area contributed by atoms with Crippen molar-refractivity contribution in [3.05, 3.63) is 11.3 Å². The first-order chi connectivity index (χ1) is 8.42. The third kappa shape index (κ3) is 1.46. The monoisotopic (exact) mass is 241 g/mol. The number of nitrogens with two attached hydrogens (primary N) is 1. The largest absolute Gasteiger partial charge is 0.400 e. The van der Waals surface area contributed by atoms with E-state index in [1.54, 1.807) is 0 Å². The number of hydrogen-bond donors (Lipinski definition) is 2. The molecule has 0 saturated carbocycles. The van der Waals surface area contributed by atoms with Crippen LogP contribution in [0.15, 0.2) is 11.3 Å². The van der Waals surface area contributed by atoms with Gasteiger partial charge in [0.05, 0.1) is 18.2 Å². The number of nitriles is 3. The molecule has 0 aliphatic heterocycles. The number of nitrogens with one attached hydrogen (secondary N) is 1. The first kappa shape index (κ1) is 13.4. The Morgan fingerprint density at radius 1 is 1.44 bits per heavy atom. The summed E-state index contributed by atoms with van der Waals surface area (Å²) in [6.45, 7) is 1.27. The molecule has 90 valence electrons. The van der Waals surface area contributed by atoms with Crippen molar-refractivity contribution >= 4 is 12.0 Å². The smallest absolute Gasteiger partial charge is 0.172 e. The molecule has 0 bridgehead atoms. The van der Waals surface area contributed by atoms with Gasteiger partial charge in [0.25, 0.3) is 0 Å². The molecule has 1 aliphatic carbocycles. The van der Waals surface area contributed by atoms with Crippen LogP contribution in [-0.2, 0) is 4.79 Å². The van der Waals surface area contributed by atoms with Gasteiger partial charge < -0.3 is 11.1 Å². The highest BCUT2D eigenvalue weighted by Gasteiger charge is 2.61. The van der Waals surface area contributed by atoms with Gasteiger partial charge in [-0.25, -0.2) is 0 Å². The van der Waals surface area contributed by atoms with E-state index in [1.165, 1.54) is 6.92 Å². The second kappa shape index (κ2) is 4.31. The van der Waals surface area contributed by atoms with E-state index in [1.807, 2.05) is 18.2 Å². The predicted molar refractivity (Wildman–Crippen MR) is 61.6 cm³/mol. The summed E-state index contributed by atoms with van der Waals surface area (Å²) in [7, 11) is 0. The van der Waals surface area contributed by atoms with Crippen molar-refractivity contribution in [2.75, 3.05) is 0 Å². The minimum Gasteiger partial charge on any atom is -0.400 e. The molecular formula is C12H11N5O. The van der Waals surface area contributed by atoms with Gasteiger partial charge in [-0.1, -0.05) is 0 Å². The van der Waals surface area contributed by atoms with Crippen molar-refractivity contribution in [3.63, 3.8) is 0 Å². The minimum atomic E-state index is -1.70. The zero-order chi connectivity index (χ0) is 14.0. The van der Waals surface area contributed by atoms with E-state index in [2.05, 4.69) is 0 Å². The van der Waals surface area contributed by atoms with Crippen LogP contribution in [-0.4, -0.2) is 12.0 Å². The summed E-state index contributed by atoms with van der Waals surface area (Å²) in [5.41, 5.74) is 2.69. The fourth-order valence-electron chi connectivity index (χ4n) is 2.27. The Bertz CT molecular complexity index is 555. The first-order valence-electron chi connectivity index (χ1n) is 5.16. The molecule has 0 aromatic heterocycles. The highest BCUT2D eigenvalue weighted by molar-refractivity contribution is 5.83. The lowest BCUT2D eigenvalue weighted by atomic mass is 9.64. The van der Waals surface area contributed by atoms with Gasteiger partial charge in [-0.3, -0.25) is 4.79 Å². The topological polar surface area (TPSA) is 138 Å². The van der Waals surface area contributed by atoms with Gasteiger partial charge in [0.15, 0.2) is 5.41 Å². The van der Waals surface area contributed by atoms with Gasteiger partial charge in [-0.05, 0) is 12.5 Å². The van der Waals surface area contributed by atoms with Gasteiger partial charge in [-0.15, -0.1) is 0 Å². The summed E-state index contributed by atoms with van der Waals surface area (Å²) < 4.78 is 0. The zero-order valence-corrected chi connectivity index (χ0v) is 9.82. The highest BCUT2D eigenvalue weighted by Crippen LogP contribution is 2.55. The molecule has 6 nitrogen and oxygen atoms in total. The number of nitrogens with zero attached hydrogens (tertiary/aromatic N) is 3. The van der Waals surface area contributed by atoms with Crippen LogP contribution < -0.4 is 5.73 Å². The van der Waals surface area contributed by atoms with Gasteiger partial charge in [0, 0.05) is 24.8 Å². The molecule has 0 amide bonds. The molecule has 6 heteroatoms. The molecule has 3 N–H and O–H groups in total. The van der Waals surface area contributed by atoms with Crippen LogP contribution >= 0.6 is 0 Å². The van der Waals surface area contributed by atoms with E-state index in [0.29, 0.717) is 0 Å². The second-order valence-electron chi connectivity index (χ2n) is 4.28. The molecule has 0 saturated heterocycles. The number of carbonyl (C=O) groups is 1. The fraction of sp³-hybridized carbons (Fsp3) is 0.417. The number of Topliss-reactive ketones (excluding diaryl/α,β-unsaturated/α-hetero) is 1. The maximum atomic E-state index is 11.3. The van der Waals surface area contributed by atoms with Crippen LogP contribution in [0.5, 0.6) is 0 Å². The lowest BCUT2D eigenvalue weighted by Gasteiger charge is -2.30. The Balaban J connectivity index is 3.60. The summed E-state index contributed by atoms with van der Waals surface area (Å²) in [5.74, 6) is -0.333. The molecule has 0 radical (unpaired) electrons. The number of hydrogen-bond acceptors (Lipinski definition) is 6. The molecule has 1 rings (SSSR count). The van der Waals surface area contributed by atoms with Gasteiger partial charge in [-0.2, -0.15) is 15.8 Å². The van der Waals surface area contributed by atoms with Crippen LogP contribution in [0.4, 0.5) is 0 Å². The standard InChI is InChI=1S/C12H11N5O/c1-8(18)2-12(7-16)10(17)9(4-13)3-11(12,5-14)6-15/h4,13H,2-3,17H2,1H3. The van der Waals surface area contributed by atoms with Crippen LogP contribution in [0.1, 0.15) is 19.8 Å². The molecule has 0 aromatic rings. The molecule has 0 aromatic carbocycles. The number of carbonyl (C=O) groups excluding carboxylic acids is 1. The lowest BCUT2D eigenvalue weighted by Crippen LogP contribution is -2.40. The van der Waals surface area contributed by atoms with E-state index in [4.69, 9.17) is 11.1 Å². The number of ketones is 1. The third-order valence-corrected chi connectivity index (χ3v) is 3.25. The predicted octanol–water partition coefficient (Wildman–Crippen LogP) is 0.775. The highest BCUT2D eigenvalue weighted by atomic mass is 16.1. The van der Waals surface area contributed by atoms with E-state index in [-0.39, 0.29) is 29.9 Å². The molecule has 1 aliphatic rings. The molecule has 1 unspecified atom stereocenters. The van der Waals surface area contributed by atoms with E-state index in [0.717, 1.165) is 6.21 Å². The summed E-state index contributed by atoms with van der Waals surface area (Å²) in [6.07, 6.45) is 0.530. The van der Waals surface area contributed by atoms with Crippen LogP contribution in [0.3, 0.4) is 0 Å². The summed E-state index contributed by atoms with van der Waals surface area (Å²) in [4.78, 5) is 11.3.